The number of fused-ring (bicyclic) bond motifs is 1. The molecule has 114 valence electrons. The topological polar surface area (TPSA) is 42.0 Å². The summed E-state index contributed by atoms with van der Waals surface area (Å²) >= 11 is 0. The Hall–Kier alpha value is -2.37. The van der Waals surface area contributed by atoms with Crippen LogP contribution < -0.4 is 5.32 Å². The molecule has 1 aliphatic rings. The summed E-state index contributed by atoms with van der Waals surface area (Å²) in [6.07, 6.45) is -4.00. The third-order valence-electron chi connectivity index (χ3n) is 3.54. The maximum Gasteiger partial charge on any atom is 0.416 e. The summed E-state index contributed by atoms with van der Waals surface area (Å²) < 4.78 is 38.7. The minimum atomic E-state index is -4.40. The second kappa shape index (κ2) is 5.12. The van der Waals surface area contributed by atoms with Crippen LogP contribution in [0.4, 0.5) is 19.0 Å². The van der Waals surface area contributed by atoms with Gasteiger partial charge in [0, 0.05) is 18.5 Å². The van der Waals surface area contributed by atoms with Gasteiger partial charge >= 0.3 is 6.18 Å². The Labute approximate surface area is 125 Å². The van der Waals surface area contributed by atoms with Gasteiger partial charge in [-0.05, 0) is 42.8 Å². The van der Waals surface area contributed by atoms with Crippen LogP contribution in [0.5, 0.6) is 0 Å². The lowest BCUT2D eigenvalue weighted by Crippen LogP contribution is -2.19. The van der Waals surface area contributed by atoms with Crippen LogP contribution >= 0.6 is 0 Å². The first-order valence-electron chi connectivity index (χ1n) is 6.82. The first-order valence-corrected chi connectivity index (χ1v) is 6.82. The molecule has 22 heavy (non-hydrogen) atoms. The highest BCUT2D eigenvalue weighted by atomic mass is 19.4. The number of anilines is 1. The van der Waals surface area contributed by atoms with Gasteiger partial charge in [-0.15, -0.1) is 0 Å². The van der Waals surface area contributed by atoms with Crippen LogP contribution in [0.3, 0.4) is 0 Å². The number of carbonyl (C=O) groups excluding carboxylic acids is 1. The van der Waals surface area contributed by atoms with Crippen molar-refractivity contribution in [3.05, 3.63) is 47.0 Å². The Morgan fingerprint density at radius 3 is 2.68 bits per heavy atom. The molecule has 6 heteroatoms. The number of hydrogen-bond donors (Lipinski definition) is 1. The molecule has 0 amide bonds. The molecule has 2 heterocycles. The minimum absolute atomic E-state index is 0.00646. The van der Waals surface area contributed by atoms with Crippen molar-refractivity contribution in [2.24, 2.45) is 0 Å². The molecule has 1 N–H and O–H groups in total. The lowest BCUT2D eigenvalue weighted by Gasteiger charge is -2.17. The fourth-order valence-electron chi connectivity index (χ4n) is 2.50. The smallest absolute Gasteiger partial charge is 0.369 e. The maximum atomic E-state index is 12.9. The number of hydrogen-bond acceptors (Lipinski definition) is 3. The van der Waals surface area contributed by atoms with E-state index in [1.807, 2.05) is 0 Å². The second-order valence-electron chi connectivity index (χ2n) is 5.28. The largest absolute Gasteiger partial charge is 0.416 e. The Morgan fingerprint density at radius 2 is 1.95 bits per heavy atom. The number of pyridine rings is 1. The zero-order valence-corrected chi connectivity index (χ0v) is 11.8. The van der Waals surface area contributed by atoms with Crippen molar-refractivity contribution in [2.45, 2.75) is 19.5 Å². The van der Waals surface area contributed by atoms with E-state index in [4.69, 9.17) is 0 Å². The summed E-state index contributed by atoms with van der Waals surface area (Å²) in [6, 6.07) is 7.02. The Bertz CT molecular complexity index is 754. The van der Waals surface area contributed by atoms with Crippen LogP contribution in [0.2, 0.25) is 0 Å². The molecule has 0 radical (unpaired) electrons. The van der Waals surface area contributed by atoms with Crippen LogP contribution in [0.25, 0.3) is 11.3 Å². The average Bonchev–Trinajstić information content (AvgIpc) is 2.45. The fraction of sp³-hybridized carbons (Fsp3) is 0.250. The number of nitrogens with one attached hydrogen (secondary N) is 1. The molecule has 0 aliphatic carbocycles. The zero-order chi connectivity index (χ0) is 15.9. The van der Waals surface area contributed by atoms with E-state index in [0.717, 1.165) is 12.1 Å². The van der Waals surface area contributed by atoms with Crippen LogP contribution in [0.15, 0.2) is 30.3 Å². The number of halogens is 3. The highest BCUT2D eigenvalue weighted by molar-refractivity contribution is 6.02. The average molecular weight is 306 g/mol. The molecule has 0 saturated carbocycles. The molecule has 2 aromatic rings. The van der Waals surface area contributed by atoms with Gasteiger partial charge in [0.25, 0.3) is 0 Å². The lowest BCUT2D eigenvalue weighted by molar-refractivity contribution is -0.137. The van der Waals surface area contributed by atoms with E-state index in [1.54, 1.807) is 25.1 Å². The summed E-state index contributed by atoms with van der Waals surface area (Å²) in [5.74, 6) is 0.428. The normalized spacial score (nSPS) is 14.5. The van der Waals surface area contributed by atoms with Crippen LogP contribution in [-0.2, 0) is 6.18 Å². The minimum Gasteiger partial charge on any atom is -0.369 e. The van der Waals surface area contributed by atoms with Gasteiger partial charge in [0.15, 0.2) is 5.78 Å². The Morgan fingerprint density at radius 1 is 1.18 bits per heavy atom. The number of nitrogens with zero attached hydrogens (tertiary/aromatic N) is 1. The standard InChI is InChI=1S/C16H13F3N2O/c1-9-6-10(8-11(7-9)16(17,18)19)13-3-2-12-14(22)4-5-20-15(12)21-13/h2-3,6-8H,4-5H2,1H3,(H,20,21). The summed E-state index contributed by atoms with van der Waals surface area (Å²) in [7, 11) is 0. The van der Waals surface area contributed by atoms with E-state index in [0.29, 0.717) is 41.2 Å². The first kappa shape index (κ1) is 14.6. The van der Waals surface area contributed by atoms with Crippen molar-refractivity contribution < 1.29 is 18.0 Å². The van der Waals surface area contributed by atoms with E-state index in [9.17, 15) is 18.0 Å². The summed E-state index contributed by atoms with van der Waals surface area (Å²) in [6.45, 7) is 2.10. The molecule has 3 nitrogen and oxygen atoms in total. The zero-order valence-electron chi connectivity index (χ0n) is 11.8. The quantitative estimate of drug-likeness (QED) is 0.863. The molecule has 3 rings (SSSR count). The van der Waals surface area contributed by atoms with Crippen molar-refractivity contribution in [3.8, 4) is 11.3 Å². The van der Waals surface area contributed by atoms with Gasteiger partial charge in [-0.1, -0.05) is 0 Å². The lowest BCUT2D eigenvalue weighted by atomic mass is 10.0. The van der Waals surface area contributed by atoms with E-state index in [-0.39, 0.29) is 5.78 Å². The molecule has 1 aromatic carbocycles. The van der Waals surface area contributed by atoms with Gasteiger partial charge in [0.05, 0.1) is 16.8 Å². The van der Waals surface area contributed by atoms with Gasteiger partial charge in [-0.2, -0.15) is 13.2 Å². The number of carbonyl (C=O) groups is 1. The van der Waals surface area contributed by atoms with Crippen molar-refractivity contribution in [3.63, 3.8) is 0 Å². The molecule has 0 bridgehead atoms. The van der Waals surface area contributed by atoms with E-state index >= 15 is 0 Å². The van der Waals surface area contributed by atoms with Gasteiger partial charge in [-0.25, -0.2) is 4.98 Å². The van der Waals surface area contributed by atoms with Gasteiger partial charge < -0.3 is 5.32 Å². The van der Waals surface area contributed by atoms with E-state index in [2.05, 4.69) is 10.3 Å². The number of ketones is 1. The molecular weight excluding hydrogens is 293 g/mol. The van der Waals surface area contributed by atoms with Crippen molar-refractivity contribution >= 4 is 11.6 Å². The van der Waals surface area contributed by atoms with E-state index in [1.165, 1.54) is 0 Å². The van der Waals surface area contributed by atoms with Crippen LogP contribution in [-0.4, -0.2) is 17.3 Å². The number of aromatic nitrogens is 1. The fourth-order valence-corrected chi connectivity index (χ4v) is 2.50. The third kappa shape index (κ3) is 2.68. The second-order valence-corrected chi connectivity index (χ2v) is 5.28. The molecule has 0 saturated heterocycles. The molecule has 0 atom stereocenters. The summed E-state index contributed by atoms with van der Waals surface area (Å²) in [5, 5.41) is 3.01. The predicted molar refractivity (Wildman–Crippen MR) is 76.8 cm³/mol. The maximum absolute atomic E-state index is 12.9. The van der Waals surface area contributed by atoms with Gasteiger partial charge in [0.1, 0.15) is 5.82 Å². The molecule has 0 fully saturated rings. The van der Waals surface area contributed by atoms with E-state index < -0.39 is 11.7 Å². The molecule has 0 unspecified atom stereocenters. The molecular formula is C16H13F3N2O. The third-order valence-corrected chi connectivity index (χ3v) is 3.54. The highest BCUT2D eigenvalue weighted by Crippen LogP contribution is 2.33. The van der Waals surface area contributed by atoms with Gasteiger partial charge in [0.2, 0.25) is 0 Å². The number of rotatable bonds is 1. The summed E-state index contributed by atoms with van der Waals surface area (Å²) in [5.41, 5.74) is 1.09. The van der Waals surface area contributed by atoms with Crippen molar-refractivity contribution in [2.75, 3.05) is 11.9 Å². The number of aryl methyl sites for hydroxylation is 1. The SMILES string of the molecule is Cc1cc(-c2ccc3c(n2)NCCC3=O)cc(C(F)(F)F)c1. The molecule has 1 aliphatic heterocycles. The Kier molecular flexibility index (Phi) is 3.39. The first-order chi connectivity index (χ1) is 10.3. The summed E-state index contributed by atoms with van der Waals surface area (Å²) in [4.78, 5) is 16.0. The molecule has 1 aromatic heterocycles. The van der Waals surface area contributed by atoms with Crippen LogP contribution in [0, 0.1) is 6.92 Å². The number of alkyl halides is 3. The monoisotopic (exact) mass is 306 g/mol. The van der Waals surface area contributed by atoms with Gasteiger partial charge in [-0.3, -0.25) is 4.79 Å². The van der Waals surface area contributed by atoms with Crippen LogP contribution in [0.1, 0.15) is 27.9 Å². The Balaban J connectivity index is 2.08. The predicted octanol–water partition coefficient (Wildman–Crippen LogP) is 4.07. The number of benzene rings is 1. The van der Waals surface area contributed by atoms with Crippen molar-refractivity contribution in [1.82, 2.24) is 4.98 Å². The molecule has 0 spiro atoms. The van der Waals surface area contributed by atoms with Crippen molar-refractivity contribution in [1.29, 1.82) is 0 Å². The highest BCUT2D eigenvalue weighted by Gasteiger charge is 2.31. The number of Topliss-reactive ketones (excluding diaryl/α,β-unsaturated/α-hetero) is 1.